The molecule has 168 valence electrons. The molecule has 0 bridgehead atoms. The van der Waals surface area contributed by atoms with Gasteiger partial charge >= 0.3 is 0 Å². The monoisotopic (exact) mass is 482 g/mol. The Balaban J connectivity index is 1.80. The van der Waals surface area contributed by atoms with Crippen molar-refractivity contribution >= 4 is 42.9 Å². The molecule has 0 spiro atoms. The summed E-state index contributed by atoms with van der Waals surface area (Å²) in [6.45, 7) is 0. The predicted molar refractivity (Wildman–Crippen MR) is 125 cm³/mol. The smallest absolute Gasteiger partial charge is 0.282 e. The summed E-state index contributed by atoms with van der Waals surface area (Å²) < 4.78 is 57.4. The van der Waals surface area contributed by atoms with E-state index < -0.39 is 25.8 Å². The van der Waals surface area contributed by atoms with Gasteiger partial charge in [0.25, 0.3) is 20.0 Å². The van der Waals surface area contributed by atoms with Crippen molar-refractivity contribution in [3.63, 3.8) is 0 Å². The summed E-state index contributed by atoms with van der Waals surface area (Å²) in [4.78, 5) is 12.8. The number of nitrogens with one attached hydrogen (secondary N) is 1. The molecule has 0 amide bonds. The molecule has 0 fully saturated rings. The molecule has 4 rings (SSSR count). The highest BCUT2D eigenvalue weighted by Crippen LogP contribution is 2.24. The second kappa shape index (κ2) is 8.19. The van der Waals surface area contributed by atoms with Crippen LogP contribution in [-0.2, 0) is 20.0 Å². The van der Waals surface area contributed by atoms with Crippen LogP contribution in [0.15, 0.2) is 98.8 Å². The summed E-state index contributed by atoms with van der Waals surface area (Å²) in [5.74, 6) is -0.617. The van der Waals surface area contributed by atoms with Gasteiger partial charge in [0.1, 0.15) is 0 Å². The van der Waals surface area contributed by atoms with Crippen LogP contribution in [0, 0.1) is 0 Å². The summed E-state index contributed by atoms with van der Waals surface area (Å²) in [5, 5.41) is 0. The minimum absolute atomic E-state index is 0.0861. The van der Waals surface area contributed by atoms with Gasteiger partial charge in [-0.2, -0.15) is 12.8 Å². The maximum atomic E-state index is 13.0. The normalized spacial score (nSPS) is 15.1. The van der Waals surface area contributed by atoms with Gasteiger partial charge in [0.05, 0.1) is 21.2 Å². The lowest BCUT2D eigenvalue weighted by molar-refractivity contribution is 0.102. The summed E-state index contributed by atoms with van der Waals surface area (Å²) in [7, 11) is -8.32. The predicted octanol–water partition coefficient (Wildman–Crippen LogP) is 2.09. The van der Waals surface area contributed by atoms with Crippen LogP contribution in [0.5, 0.6) is 0 Å². The summed E-state index contributed by atoms with van der Waals surface area (Å²) in [6.07, 6.45) is 1.11. The molecular weight excluding hydrogens is 464 g/mol. The van der Waals surface area contributed by atoms with E-state index in [1.165, 1.54) is 60.7 Å². The highest BCUT2D eigenvalue weighted by atomic mass is 32.2. The van der Waals surface area contributed by atoms with Crippen LogP contribution in [0.25, 0.3) is 0 Å². The number of Topliss-reactive ketones (excluding diaryl/α,β-unsaturated/α-hetero) is 1. The third-order valence-corrected chi connectivity index (χ3v) is 7.49. The van der Waals surface area contributed by atoms with Crippen molar-refractivity contribution in [3.05, 3.63) is 95.7 Å². The lowest BCUT2D eigenvalue weighted by Gasteiger charge is -2.18. The van der Waals surface area contributed by atoms with Gasteiger partial charge in [-0.25, -0.2) is 8.42 Å². The fourth-order valence-electron chi connectivity index (χ4n) is 3.15. The van der Waals surface area contributed by atoms with Gasteiger partial charge < -0.3 is 11.5 Å². The van der Waals surface area contributed by atoms with Crippen molar-refractivity contribution in [1.29, 1.82) is 0 Å². The van der Waals surface area contributed by atoms with Crippen LogP contribution in [-0.4, -0.2) is 28.3 Å². The third-order valence-electron chi connectivity index (χ3n) is 4.80. The van der Waals surface area contributed by atoms with E-state index in [1.807, 2.05) is 0 Å². The van der Waals surface area contributed by atoms with Gasteiger partial charge in [-0.15, -0.1) is 0 Å². The van der Waals surface area contributed by atoms with Crippen molar-refractivity contribution in [3.8, 4) is 0 Å². The van der Waals surface area contributed by atoms with Gasteiger partial charge in [-0.3, -0.25) is 9.52 Å². The molecule has 3 aromatic rings. The maximum Gasteiger partial charge on any atom is 0.282 e. The van der Waals surface area contributed by atoms with Crippen LogP contribution < -0.4 is 16.2 Å². The number of hydrogen-bond donors (Lipinski definition) is 3. The molecule has 1 aliphatic rings. The first-order valence-electron chi connectivity index (χ1n) is 9.51. The second-order valence-corrected chi connectivity index (χ2v) is 10.4. The summed E-state index contributed by atoms with van der Waals surface area (Å²) in [6, 6.07) is 17.1. The van der Waals surface area contributed by atoms with E-state index in [2.05, 4.69) is 9.12 Å². The van der Waals surface area contributed by atoms with E-state index in [0.717, 1.165) is 6.08 Å². The standard InChI is InChI=1S/C22H18N4O5S2/c23-14-5-9-16(10-6-14)32(28,29)25-20-13-21(22(27)19-4-2-1-3-18(19)20)26-33(30,31)17-11-7-15(24)8-12-17/h1-13,26H,23-24H2. The van der Waals surface area contributed by atoms with E-state index in [0.29, 0.717) is 11.4 Å². The zero-order valence-corrected chi connectivity index (χ0v) is 18.6. The van der Waals surface area contributed by atoms with Crippen molar-refractivity contribution in [2.45, 2.75) is 9.79 Å². The Morgan fingerprint density at radius 2 is 1.21 bits per heavy atom. The Morgan fingerprint density at radius 3 is 1.79 bits per heavy atom. The number of nitrogens with zero attached hydrogens (tertiary/aromatic N) is 1. The lowest BCUT2D eigenvalue weighted by Crippen LogP contribution is -2.31. The SMILES string of the molecule is Nc1ccc(S(=O)(=O)N=C2C=C(NS(=O)(=O)c3ccc(N)cc3)C(=O)c3ccccc32)cc1. The molecule has 0 aromatic heterocycles. The van der Waals surface area contributed by atoms with E-state index in [1.54, 1.807) is 12.1 Å². The maximum absolute atomic E-state index is 13.0. The third kappa shape index (κ3) is 4.49. The number of sulfonamides is 2. The Morgan fingerprint density at radius 1 is 0.697 bits per heavy atom. The zero-order chi connectivity index (χ0) is 23.8. The van der Waals surface area contributed by atoms with Crippen LogP contribution in [0.4, 0.5) is 11.4 Å². The summed E-state index contributed by atoms with van der Waals surface area (Å²) >= 11 is 0. The van der Waals surface area contributed by atoms with E-state index in [-0.39, 0.29) is 32.3 Å². The largest absolute Gasteiger partial charge is 0.399 e. The number of nitrogen functional groups attached to an aromatic ring is 2. The minimum Gasteiger partial charge on any atom is -0.399 e. The van der Waals surface area contributed by atoms with Crippen LogP contribution in [0.2, 0.25) is 0 Å². The molecule has 11 heteroatoms. The van der Waals surface area contributed by atoms with Crippen LogP contribution in [0.1, 0.15) is 15.9 Å². The Bertz CT molecular complexity index is 1520. The number of ketones is 1. The number of nitrogens with two attached hydrogens (primary N) is 2. The molecule has 9 nitrogen and oxygen atoms in total. The molecule has 0 saturated carbocycles. The lowest BCUT2D eigenvalue weighted by atomic mass is 9.93. The van der Waals surface area contributed by atoms with Crippen molar-refractivity contribution < 1.29 is 21.6 Å². The highest BCUT2D eigenvalue weighted by molar-refractivity contribution is 7.90. The number of fused-ring (bicyclic) bond motifs is 1. The number of rotatable bonds is 5. The quantitative estimate of drug-likeness (QED) is 0.469. The Kier molecular flexibility index (Phi) is 5.52. The molecule has 0 heterocycles. The number of hydrogen-bond acceptors (Lipinski definition) is 7. The van der Waals surface area contributed by atoms with Crippen LogP contribution in [0.3, 0.4) is 0 Å². The number of anilines is 2. The zero-order valence-electron chi connectivity index (χ0n) is 17.0. The number of allylic oxidation sites excluding steroid dienone is 2. The number of benzene rings is 3. The fraction of sp³-hybridized carbons (Fsp3) is 0. The first-order chi connectivity index (χ1) is 15.6. The molecule has 0 radical (unpaired) electrons. The van der Waals surface area contributed by atoms with Gasteiger partial charge in [0.15, 0.2) is 0 Å². The van der Waals surface area contributed by atoms with Gasteiger partial charge in [0, 0.05) is 22.5 Å². The molecule has 0 saturated heterocycles. The molecular formula is C22H18N4O5S2. The second-order valence-electron chi connectivity index (χ2n) is 7.13. The van der Waals surface area contributed by atoms with E-state index in [9.17, 15) is 21.6 Å². The molecule has 0 unspecified atom stereocenters. The average Bonchev–Trinajstić information content (AvgIpc) is 2.77. The molecule has 0 aliphatic heterocycles. The first-order valence-corrected chi connectivity index (χ1v) is 12.4. The molecule has 1 aliphatic carbocycles. The fourth-order valence-corrected chi connectivity index (χ4v) is 5.20. The van der Waals surface area contributed by atoms with E-state index >= 15 is 0 Å². The van der Waals surface area contributed by atoms with Crippen molar-refractivity contribution in [2.75, 3.05) is 11.5 Å². The van der Waals surface area contributed by atoms with Crippen LogP contribution >= 0.6 is 0 Å². The average molecular weight is 483 g/mol. The van der Waals surface area contributed by atoms with Crippen molar-refractivity contribution in [1.82, 2.24) is 4.72 Å². The minimum atomic E-state index is -4.18. The van der Waals surface area contributed by atoms with Gasteiger partial charge in [-0.05, 0) is 54.6 Å². The topological polar surface area (TPSA) is 162 Å². The van der Waals surface area contributed by atoms with E-state index in [4.69, 9.17) is 11.5 Å². The molecule has 0 atom stereocenters. The molecule has 3 aromatic carbocycles. The Labute approximate surface area is 190 Å². The summed E-state index contributed by atoms with van der Waals surface area (Å²) in [5.41, 5.74) is 11.9. The number of carbonyl (C=O) groups excluding carboxylic acids is 1. The molecule has 33 heavy (non-hydrogen) atoms. The van der Waals surface area contributed by atoms with Gasteiger partial charge in [-0.1, -0.05) is 24.3 Å². The van der Waals surface area contributed by atoms with Gasteiger partial charge in [0.2, 0.25) is 5.78 Å². The molecule has 5 N–H and O–H groups in total. The van der Waals surface area contributed by atoms with Crippen molar-refractivity contribution in [2.24, 2.45) is 4.40 Å². The number of carbonyl (C=O) groups is 1. The first kappa shape index (κ1) is 22.2. The highest BCUT2D eigenvalue weighted by Gasteiger charge is 2.29. The Hall–Kier alpha value is -3.96.